The molecule has 2 heterocycles. The van der Waals surface area contributed by atoms with Crippen molar-refractivity contribution < 1.29 is 51.4 Å². The van der Waals surface area contributed by atoms with Gasteiger partial charge in [0.1, 0.15) is 11.4 Å². The van der Waals surface area contributed by atoms with Crippen molar-refractivity contribution in [2.75, 3.05) is 17.8 Å². The number of hydrogen-bond donors (Lipinski definition) is 6. The summed E-state index contributed by atoms with van der Waals surface area (Å²) in [7, 11) is -5.51. The standard InChI is InChI=1S/C13H21BN4O6S.C2HF3O2/c15-13(12(19)20)9-18(8-10(13)4-3-6-14(21)22)25(23,24)17-11-5-1-2-7-16-11;3-2(4,5)1(6)7/h1-2,5,7,10,21-22H,3-4,6,8-9,15H2,(H,16,17)(H,19,20);(H,6,7)/t10-,13-;/m1./s1. The van der Waals surface area contributed by atoms with Gasteiger partial charge in [-0.1, -0.05) is 12.5 Å². The molecule has 0 unspecified atom stereocenters. The van der Waals surface area contributed by atoms with Crippen LogP contribution in [0.3, 0.4) is 0 Å². The molecule has 180 valence electrons. The van der Waals surface area contributed by atoms with Gasteiger partial charge in [0.2, 0.25) is 0 Å². The van der Waals surface area contributed by atoms with Crippen LogP contribution in [0.5, 0.6) is 0 Å². The molecule has 1 fully saturated rings. The molecule has 2 atom stereocenters. The second kappa shape index (κ2) is 10.9. The van der Waals surface area contributed by atoms with Crippen LogP contribution in [0.25, 0.3) is 0 Å². The second-order valence-corrected chi connectivity index (χ2v) is 8.54. The van der Waals surface area contributed by atoms with E-state index in [2.05, 4.69) is 9.71 Å². The van der Waals surface area contributed by atoms with Gasteiger partial charge in [0, 0.05) is 25.2 Å². The van der Waals surface area contributed by atoms with E-state index in [1.54, 1.807) is 12.1 Å². The highest BCUT2D eigenvalue weighted by Gasteiger charge is 2.52. The lowest BCUT2D eigenvalue weighted by Crippen LogP contribution is -2.55. The van der Waals surface area contributed by atoms with E-state index < -0.39 is 46.9 Å². The van der Waals surface area contributed by atoms with E-state index >= 15 is 0 Å². The number of nitrogens with two attached hydrogens (primary N) is 1. The van der Waals surface area contributed by atoms with Crippen molar-refractivity contribution in [3.63, 3.8) is 0 Å². The van der Waals surface area contributed by atoms with Gasteiger partial charge in [0.25, 0.3) is 0 Å². The molecule has 32 heavy (non-hydrogen) atoms. The Balaban J connectivity index is 0.000000633. The molecule has 1 aromatic heterocycles. The Labute approximate surface area is 181 Å². The van der Waals surface area contributed by atoms with Crippen molar-refractivity contribution in [3.05, 3.63) is 24.4 Å². The normalized spacial score (nSPS) is 21.4. The average molecular weight is 486 g/mol. The van der Waals surface area contributed by atoms with E-state index in [-0.39, 0.29) is 31.6 Å². The Morgan fingerprint density at radius 1 is 1.31 bits per heavy atom. The fourth-order valence-electron chi connectivity index (χ4n) is 2.84. The van der Waals surface area contributed by atoms with Gasteiger partial charge in [-0.2, -0.15) is 25.9 Å². The molecule has 0 bridgehead atoms. The predicted octanol–water partition coefficient (Wildman–Crippen LogP) is -0.661. The molecule has 2 rings (SSSR count). The van der Waals surface area contributed by atoms with Crippen LogP contribution in [-0.2, 0) is 19.8 Å². The fraction of sp³-hybridized carbons (Fsp3) is 0.533. The van der Waals surface area contributed by atoms with Crippen LogP contribution in [0.4, 0.5) is 19.0 Å². The first-order valence-corrected chi connectivity index (χ1v) is 10.4. The molecule has 1 aromatic rings. The number of aromatic nitrogens is 1. The summed E-state index contributed by atoms with van der Waals surface area (Å²) in [5, 5.41) is 34.4. The molecule has 1 saturated heterocycles. The highest BCUT2D eigenvalue weighted by molar-refractivity contribution is 7.90. The van der Waals surface area contributed by atoms with Gasteiger partial charge in [-0.25, -0.2) is 9.78 Å². The average Bonchev–Trinajstić information content (AvgIpc) is 3.01. The van der Waals surface area contributed by atoms with Gasteiger partial charge in [-0.05, 0) is 24.9 Å². The van der Waals surface area contributed by atoms with E-state index in [0.717, 1.165) is 4.31 Å². The third-order valence-corrected chi connectivity index (χ3v) is 5.91. The Hall–Kier alpha value is -2.47. The van der Waals surface area contributed by atoms with Crippen molar-refractivity contribution in [1.29, 1.82) is 0 Å². The number of anilines is 1. The monoisotopic (exact) mass is 486 g/mol. The molecular weight excluding hydrogens is 464 g/mol. The van der Waals surface area contributed by atoms with Crippen molar-refractivity contribution in [2.45, 2.75) is 30.9 Å². The number of carboxylic acids is 2. The Kier molecular flexibility index (Phi) is 9.40. The van der Waals surface area contributed by atoms with Gasteiger partial charge in [0.15, 0.2) is 0 Å². The molecular formula is C15H22BF3N4O8S. The first kappa shape index (κ1) is 27.6. The minimum atomic E-state index is -5.08. The van der Waals surface area contributed by atoms with Crippen molar-refractivity contribution >= 4 is 35.1 Å². The molecule has 7 N–H and O–H groups in total. The van der Waals surface area contributed by atoms with Crippen LogP contribution in [0.2, 0.25) is 6.32 Å². The van der Waals surface area contributed by atoms with Crippen LogP contribution in [-0.4, -0.2) is 81.8 Å². The lowest BCUT2D eigenvalue weighted by atomic mass is 9.78. The number of nitrogens with one attached hydrogen (secondary N) is 1. The van der Waals surface area contributed by atoms with E-state index in [1.165, 1.54) is 12.3 Å². The van der Waals surface area contributed by atoms with Gasteiger partial charge in [-0.3, -0.25) is 9.52 Å². The minimum absolute atomic E-state index is 0.0606. The molecule has 0 saturated carbocycles. The number of aliphatic carboxylic acids is 2. The summed E-state index contributed by atoms with van der Waals surface area (Å²) in [5.74, 6) is -4.58. The number of rotatable bonds is 8. The third kappa shape index (κ3) is 7.90. The fourth-order valence-corrected chi connectivity index (χ4v) is 4.11. The van der Waals surface area contributed by atoms with E-state index in [0.29, 0.717) is 6.42 Å². The number of nitrogens with zero attached hydrogens (tertiary/aromatic N) is 2. The summed E-state index contributed by atoms with van der Waals surface area (Å²) in [5.41, 5.74) is 4.23. The largest absolute Gasteiger partial charge is 0.490 e. The summed E-state index contributed by atoms with van der Waals surface area (Å²) < 4.78 is 60.0. The van der Waals surface area contributed by atoms with Crippen LogP contribution >= 0.6 is 0 Å². The summed E-state index contributed by atoms with van der Waals surface area (Å²) in [6.45, 7) is -0.455. The Morgan fingerprint density at radius 3 is 2.34 bits per heavy atom. The Morgan fingerprint density at radius 2 is 1.91 bits per heavy atom. The molecule has 0 aliphatic carbocycles. The number of halogens is 3. The van der Waals surface area contributed by atoms with E-state index in [9.17, 15) is 31.5 Å². The summed E-state index contributed by atoms with van der Waals surface area (Å²) in [6, 6.07) is 4.72. The smallest absolute Gasteiger partial charge is 0.480 e. The number of pyridine rings is 1. The molecule has 1 aliphatic heterocycles. The van der Waals surface area contributed by atoms with Crippen molar-refractivity contribution in [2.24, 2.45) is 11.7 Å². The summed E-state index contributed by atoms with van der Waals surface area (Å²) in [6.07, 6.45) is -3.02. The van der Waals surface area contributed by atoms with Crippen molar-refractivity contribution in [3.8, 4) is 0 Å². The quantitative estimate of drug-likeness (QED) is 0.256. The zero-order valence-corrected chi connectivity index (χ0v) is 17.3. The number of alkyl halides is 3. The van der Waals surface area contributed by atoms with E-state index in [4.69, 9.17) is 25.7 Å². The van der Waals surface area contributed by atoms with Gasteiger partial charge < -0.3 is 26.0 Å². The Bertz CT molecular complexity index is 890. The van der Waals surface area contributed by atoms with Gasteiger partial charge in [0.05, 0.1) is 0 Å². The highest BCUT2D eigenvalue weighted by atomic mass is 32.2. The summed E-state index contributed by atoms with van der Waals surface area (Å²) in [4.78, 5) is 24.4. The molecule has 0 amide bonds. The first-order valence-electron chi connectivity index (χ1n) is 8.97. The third-order valence-electron chi connectivity index (χ3n) is 4.48. The number of carbonyl (C=O) groups is 2. The lowest BCUT2D eigenvalue weighted by Gasteiger charge is -2.25. The topological polar surface area (TPSA) is 203 Å². The SMILES string of the molecule is N[C@]1(C(=O)O)CN(S(=O)(=O)Nc2ccccn2)C[C@H]1CCCB(O)O.O=C(O)C(F)(F)F. The second-order valence-electron chi connectivity index (χ2n) is 6.87. The highest BCUT2D eigenvalue weighted by Crippen LogP contribution is 2.32. The predicted molar refractivity (Wildman–Crippen MR) is 104 cm³/mol. The molecule has 17 heteroatoms. The lowest BCUT2D eigenvalue weighted by molar-refractivity contribution is -0.192. The molecule has 0 aromatic carbocycles. The molecule has 0 radical (unpaired) electrons. The van der Waals surface area contributed by atoms with Crippen LogP contribution in [0, 0.1) is 5.92 Å². The molecule has 12 nitrogen and oxygen atoms in total. The van der Waals surface area contributed by atoms with E-state index in [1.807, 2.05) is 0 Å². The van der Waals surface area contributed by atoms with Crippen LogP contribution in [0.15, 0.2) is 24.4 Å². The zero-order chi connectivity index (χ0) is 24.7. The van der Waals surface area contributed by atoms with Crippen LogP contribution in [0.1, 0.15) is 12.8 Å². The summed E-state index contributed by atoms with van der Waals surface area (Å²) >= 11 is 0. The number of carboxylic acid groups (broad SMARTS) is 2. The maximum atomic E-state index is 12.5. The first-order chi connectivity index (χ1) is 14.6. The maximum absolute atomic E-state index is 12.5. The minimum Gasteiger partial charge on any atom is -0.480 e. The van der Waals surface area contributed by atoms with Gasteiger partial charge in [-0.15, -0.1) is 0 Å². The molecule has 0 spiro atoms. The van der Waals surface area contributed by atoms with Gasteiger partial charge >= 0.3 is 35.4 Å². The van der Waals surface area contributed by atoms with Crippen LogP contribution < -0.4 is 10.5 Å². The zero-order valence-electron chi connectivity index (χ0n) is 16.4. The molecule has 1 aliphatic rings. The number of hydrogen-bond acceptors (Lipinski definition) is 8. The van der Waals surface area contributed by atoms with Crippen molar-refractivity contribution in [1.82, 2.24) is 9.29 Å². The maximum Gasteiger partial charge on any atom is 0.490 e.